The van der Waals surface area contributed by atoms with Crippen LogP contribution in [-0.4, -0.2) is 94.6 Å². The van der Waals surface area contributed by atoms with Crippen LogP contribution in [-0.2, 0) is 16.0 Å². The van der Waals surface area contributed by atoms with Crippen LogP contribution in [0.4, 0.5) is 10.1 Å². The van der Waals surface area contributed by atoms with Crippen molar-refractivity contribution in [3.8, 4) is 5.75 Å². The Morgan fingerprint density at radius 1 is 0.911 bits per heavy atom. The first-order valence-corrected chi connectivity index (χ1v) is 15.1. The van der Waals surface area contributed by atoms with Crippen LogP contribution >= 0.6 is 0 Å². The first kappa shape index (κ1) is 35.3. The maximum absolute atomic E-state index is 13.5. The normalized spacial score (nSPS) is 11.4. The molecule has 3 rings (SSSR count). The molecule has 0 unspecified atom stereocenters. The molecule has 3 aromatic carbocycles. The van der Waals surface area contributed by atoms with Gasteiger partial charge in [0.25, 0.3) is 11.8 Å². The number of hydrogen-bond donors (Lipinski definition) is 2. The first-order chi connectivity index (χ1) is 21.8. The monoisotopic (exact) mass is 621 g/mol. The van der Waals surface area contributed by atoms with Crippen LogP contribution < -0.4 is 15.5 Å². The highest BCUT2D eigenvalue weighted by atomic mass is 19.1. The fourth-order valence-electron chi connectivity index (χ4n) is 4.43. The number of carbonyl (C=O) groups excluding carboxylic acids is 2. The summed E-state index contributed by atoms with van der Waals surface area (Å²) in [4.78, 5) is 31.2. The molecule has 0 aliphatic rings. The molecule has 45 heavy (non-hydrogen) atoms. The van der Waals surface area contributed by atoms with Crippen molar-refractivity contribution in [2.75, 3.05) is 72.1 Å². The largest absolute Gasteiger partial charge is 0.491 e. The second-order valence-corrected chi connectivity index (χ2v) is 10.3. The van der Waals surface area contributed by atoms with E-state index in [2.05, 4.69) is 46.5 Å². The minimum absolute atomic E-state index is 0.143. The van der Waals surface area contributed by atoms with Gasteiger partial charge in [0.1, 0.15) is 18.2 Å². The van der Waals surface area contributed by atoms with Crippen LogP contribution in [0.15, 0.2) is 71.8 Å². The van der Waals surface area contributed by atoms with Gasteiger partial charge in [-0.05, 0) is 73.7 Å². The number of hydrogen-bond acceptors (Lipinski definition) is 8. The number of carbonyl (C=O) groups is 2. The topological polar surface area (TPSA) is 105 Å². The molecule has 11 heteroatoms. The molecular weight excluding hydrogens is 577 g/mol. The lowest BCUT2D eigenvalue weighted by Crippen LogP contribution is -2.32. The third-order valence-corrected chi connectivity index (χ3v) is 6.97. The number of ether oxygens (including phenoxy) is 3. The van der Waals surface area contributed by atoms with Crippen LogP contribution in [0.3, 0.4) is 0 Å². The fraction of sp³-hybridized carbons (Fsp3) is 0.382. The summed E-state index contributed by atoms with van der Waals surface area (Å²) in [5.41, 5.74) is 4.83. The van der Waals surface area contributed by atoms with E-state index in [-0.39, 0.29) is 23.8 Å². The predicted molar refractivity (Wildman–Crippen MR) is 175 cm³/mol. The first-order valence-electron chi connectivity index (χ1n) is 15.1. The number of halogens is 1. The Balaban J connectivity index is 1.72. The number of nitrogens with zero attached hydrogens (tertiary/aromatic N) is 3. The van der Waals surface area contributed by atoms with E-state index in [0.29, 0.717) is 43.2 Å². The Kier molecular flexibility index (Phi) is 15.1. The fourth-order valence-corrected chi connectivity index (χ4v) is 4.43. The van der Waals surface area contributed by atoms with Crippen LogP contribution in [0.5, 0.6) is 5.75 Å². The Labute approximate surface area is 265 Å². The lowest BCUT2D eigenvalue weighted by molar-refractivity contribution is 0.0544. The third kappa shape index (κ3) is 12.4. The highest BCUT2D eigenvalue weighted by Crippen LogP contribution is 2.23. The van der Waals surface area contributed by atoms with E-state index < -0.39 is 11.7 Å². The van der Waals surface area contributed by atoms with Gasteiger partial charge in [-0.2, -0.15) is 5.10 Å². The predicted octanol–water partition coefficient (Wildman–Crippen LogP) is 4.66. The van der Waals surface area contributed by atoms with Gasteiger partial charge in [0.05, 0.1) is 37.3 Å². The lowest BCUT2D eigenvalue weighted by atomic mass is 10.1. The average Bonchev–Trinajstić information content (AvgIpc) is 3.04. The van der Waals surface area contributed by atoms with E-state index >= 15 is 0 Å². The summed E-state index contributed by atoms with van der Waals surface area (Å²) in [5, 5.41) is 6.82. The van der Waals surface area contributed by atoms with Crippen LogP contribution in [0.2, 0.25) is 0 Å². The number of rotatable bonds is 19. The van der Waals surface area contributed by atoms with Gasteiger partial charge in [-0.3, -0.25) is 9.59 Å². The van der Waals surface area contributed by atoms with Crippen LogP contribution in [0.1, 0.15) is 45.7 Å². The van der Waals surface area contributed by atoms with Gasteiger partial charge < -0.3 is 29.3 Å². The standard InChI is InChI=1S/C34H44FN5O5/c1-5-40(6-2)16-15-39(3)25-27-10-7-11-28(21-27)33(41)37-32-14-13-30(45-20-19-44-18-17-43-4)23-31(32)34(42)38-36-24-26-9-8-12-29(35)22-26/h7-14,21-24H,5-6,15-20,25H2,1-4H3,(H,37,41)(H,38,42). The van der Waals surface area contributed by atoms with Crippen molar-refractivity contribution < 1.29 is 28.2 Å². The Morgan fingerprint density at radius 2 is 1.69 bits per heavy atom. The number of hydrazone groups is 1. The molecule has 0 aliphatic heterocycles. The number of methoxy groups -OCH3 is 1. The minimum atomic E-state index is -0.580. The second-order valence-electron chi connectivity index (χ2n) is 10.3. The molecule has 0 aliphatic carbocycles. The molecule has 0 radical (unpaired) electrons. The quantitative estimate of drug-likeness (QED) is 0.114. The summed E-state index contributed by atoms with van der Waals surface area (Å²) in [6.07, 6.45) is 1.33. The number of anilines is 1. The number of likely N-dealkylation sites (N-methyl/N-ethyl adjacent to an activating group) is 2. The number of nitrogens with one attached hydrogen (secondary N) is 2. The molecule has 2 amide bonds. The van der Waals surface area contributed by atoms with Crippen molar-refractivity contribution in [2.45, 2.75) is 20.4 Å². The molecule has 0 saturated heterocycles. The molecule has 0 saturated carbocycles. The van der Waals surface area contributed by atoms with Gasteiger partial charge in [-0.25, -0.2) is 9.82 Å². The molecular formula is C34H44FN5O5. The van der Waals surface area contributed by atoms with Crippen LogP contribution in [0, 0.1) is 5.82 Å². The van der Waals surface area contributed by atoms with Crippen molar-refractivity contribution >= 4 is 23.7 Å². The van der Waals surface area contributed by atoms with Crippen molar-refractivity contribution in [3.63, 3.8) is 0 Å². The van der Waals surface area contributed by atoms with Gasteiger partial charge in [0.15, 0.2) is 0 Å². The molecule has 10 nitrogen and oxygen atoms in total. The van der Waals surface area contributed by atoms with Gasteiger partial charge in [-0.15, -0.1) is 0 Å². The zero-order valence-corrected chi connectivity index (χ0v) is 26.6. The van der Waals surface area contributed by atoms with Crippen molar-refractivity contribution in [3.05, 3.63) is 94.8 Å². The summed E-state index contributed by atoms with van der Waals surface area (Å²) in [6, 6.07) is 18.0. The van der Waals surface area contributed by atoms with E-state index in [0.717, 1.165) is 31.7 Å². The molecule has 0 atom stereocenters. The number of amides is 2. The van der Waals surface area contributed by atoms with E-state index in [4.69, 9.17) is 14.2 Å². The van der Waals surface area contributed by atoms with E-state index in [1.807, 2.05) is 18.2 Å². The summed E-state index contributed by atoms with van der Waals surface area (Å²) < 4.78 is 29.7. The highest BCUT2D eigenvalue weighted by molar-refractivity contribution is 6.09. The second kappa shape index (κ2) is 19.3. The Bertz CT molecular complexity index is 1400. The molecule has 0 aromatic heterocycles. The van der Waals surface area contributed by atoms with E-state index in [9.17, 15) is 14.0 Å². The maximum atomic E-state index is 13.5. The molecule has 0 heterocycles. The maximum Gasteiger partial charge on any atom is 0.273 e. The summed E-state index contributed by atoms with van der Waals surface area (Å²) >= 11 is 0. The van der Waals surface area contributed by atoms with Gasteiger partial charge >= 0.3 is 0 Å². The van der Waals surface area contributed by atoms with Gasteiger partial charge in [0, 0.05) is 32.3 Å². The minimum Gasteiger partial charge on any atom is -0.491 e. The Hall–Kier alpha value is -4.16. The van der Waals surface area contributed by atoms with Crippen molar-refractivity contribution in [1.82, 2.24) is 15.2 Å². The van der Waals surface area contributed by atoms with Gasteiger partial charge in [-0.1, -0.05) is 38.1 Å². The zero-order chi connectivity index (χ0) is 32.4. The van der Waals surface area contributed by atoms with E-state index in [1.165, 1.54) is 24.4 Å². The Morgan fingerprint density at radius 3 is 2.44 bits per heavy atom. The molecule has 242 valence electrons. The molecule has 2 N–H and O–H groups in total. The summed E-state index contributed by atoms with van der Waals surface area (Å²) in [5.74, 6) is -0.942. The number of benzene rings is 3. The molecule has 0 bridgehead atoms. The highest BCUT2D eigenvalue weighted by Gasteiger charge is 2.17. The smallest absolute Gasteiger partial charge is 0.273 e. The van der Waals surface area contributed by atoms with Crippen molar-refractivity contribution in [1.29, 1.82) is 0 Å². The SMILES string of the molecule is CCN(CC)CCN(C)Cc1cccc(C(=O)Nc2ccc(OCCOCCOC)cc2C(=O)NN=Cc2cccc(F)c2)c1. The van der Waals surface area contributed by atoms with Crippen LogP contribution in [0.25, 0.3) is 0 Å². The van der Waals surface area contributed by atoms with Gasteiger partial charge in [0.2, 0.25) is 0 Å². The zero-order valence-electron chi connectivity index (χ0n) is 26.6. The molecule has 0 spiro atoms. The molecule has 0 fully saturated rings. The summed E-state index contributed by atoms with van der Waals surface area (Å²) in [7, 11) is 3.66. The van der Waals surface area contributed by atoms with Crippen molar-refractivity contribution in [2.24, 2.45) is 5.10 Å². The summed E-state index contributed by atoms with van der Waals surface area (Å²) in [6.45, 7) is 10.4. The van der Waals surface area contributed by atoms with E-state index in [1.54, 1.807) is 37.4 Å². The molecule has 3 aromatic rings. The average molecular weight is 622 g/mol. The lowest BCUT2D eigenvalue weighted by Gasteiger charge is -2.23. The third-order valence-electron chi connectivity index (χ3n) is 6.97.